The standard InChI is InChI=1S/C22H20N2O2S2/c1-22(2,3)19(25)11-20-24(13-16-6-4-15(12-23)5-7-16)21(26)18(28-20)10-17-8-9-27-14-17/h4-11,14H,13H2,1-3H3/b18-10+,20-11-. The van der Waals surface area contributed by atoms with Crippen molar-refractivity contribution in [3.8, 4) is 6.07 Å². The SMILES string of the molecule is CC(C)(C)C(=O)/C=c1\s/c(=C/c2ccsc2)c(=O)n1Cc1ccc(C#N)cc1. The van der Waals surface area contributed by atoms with E-state index in [0.717, 1.165) is 11.1 Å². The van der Waals surface area contributed by atoms with E-state index in [2.05, 4.69) is 6.07 Å². The lowest BCUT2D eigenvalue weighted by Crippen LogP contribution is -2.32. The molecule has 3 aromatic rings. The van der Waals surface area contributed by atoms with E-state index in [9.17, 15) is 9.59 Å². The van der Waals surface area contributed by atoms with E-state index in [4.69, 9.17) is 5.26 Å². The average molecular weight is 409 g/mol. The molecule has 3 rings (SSSR count). The summed E-state index contributed by atoms with van der Waals surface area (Å²) in [5, 5.41) is 12.9. The van der Waals surface area contributed by atoms with Crippen molar-refractivity contribution in [1.29, 1.82) is 5.26 Å². The smallest absolute Gasteiger partial charge is 0.269 e. The summed E-state index contributed by atoms with van der Waals surface area (Å²) < 4.78 is 2.87. The Morgan fingerprint density at radius 3 is 2.50 bits per heavy atom. The molecular weight excluding hydrogens is 388 g/mol. The highest BCUT2D eigenvalue weighted by Crippen LogP contribution is 2.15. The van der Waals surface area contributed by atoms with Crippen molar-refractivity contribution in [2.24, 2.45) is 5.41 Å². The first-order chi connectivity index (χ1) is 13.3. The fourth-order valence-corrected chi connectivity index (χ4v) is 4.16. The van der Waals surface area contributed by atoms with E-state index in [0.29, 0.717) is 21.3 Å². The van der Waals surface area contributed by atoms with Crippen LogP contribution in [0.2, 0.25) is 0 Å². The molecule has 0 fully saturated rings. The van der Waals surface area contributed by atoms with Crippen LogP contribution in [0.15, 0.2) is 45.9 Å². The summed E-state index contributed by atoms with van der Waals surface area (Å²) in [6.45, 7) is 5.93. The number of hydrogen-bond acceptors (Lipinski definition) is 5. The van der Waals surface area contributed by atoms with Gasteiger partial charge < -0.3 is 0 Å². The van der Waals surface area contributed by atoms with Crippen molar-refractivity contribution in [1.82, 2.24) is 4.57 Å². The Bertz CT molecular complexity index is 1200. The van der Waals surface area contributed by atoms with Crippen LogP contribution >= 0.6 is 22.7 Å². The monoisotopic (exact) mass is 408 g/mol. The van der Waals surface area contributed by atoms with Gasteiger partial charge in [0.2, 0.25) is 0 Å². The van der Waals surface area contributed by atoms with E-state index in [1.807, 2.05) is 55.8 Å². The predicted octanol–water partition coefficient (Wildman–Crippen LogP) is 3.12. The highest BCUT2D eigenvalue weighted by Gasteiger charge is 2.19. The normalized spacial score (nSPS) is 12.9. The highest BCUT2D eigenvalue weighted by molar-refractivity contribution is 7.08. The molecule has 142 valence electrons. The van der Waals surface area contributed by atoms with Gasteiger partial charge in [0.15, 0.2) is 5.78 Å². The first kappa shape index (κ1) is 20.0. The Balaban J connectivity index is 2.14. The number of Topliss-reactive ketones (excluding diaryl/α,β-unsaturated/α-hetero) is 1. The third-order valence-corrected chi connectivity index (χ3v) is 5.96. The number of carbonyl (C=O) groups excluding carboxylic acids is 1. The summed E-state index contributed by atoms with van der Waals surface area (Å²) in [7, 11) is 0. The maximum absolute atomic E-state index is 13.0. The van der Waals surface area contributed by atoms with Crippen molar-refractivity contribution in [3.05, 3.63) is 77.3 Å². The van der Waals surface area contributed by atoms with E-state index in [1.54, 1.807) is 34.1 Å². The van der Waals surface area contributed by atoms with Gasteiger partial charge in [-0.3, -0.25) is 14.2 Å². The van der Waals surface area contributed by atoms with Gasteiger partial charge in [-0.25, -0.2) is 0 Å². The summed E-state index contributed by atoms with van der Waals surface area (Å²) in [6.07, 6.45) is 3.43. The lowest BCUT2D eigenvalue weighted by Gasteiger charge is -2.13. The molecule has 2 aromatic heterocycles. The minimum Gasteiger partial charge on any atom is -0.294 e. The number of benzene rings is 1. The molecule has 0 aliphatic heterocycles. The first-order valence-corrected chi connectivity index (χ1v) is 10.5. The lowest BCUT2D eigenvalue weighted by molar-refractivity contribution is -0.120. The van der Waals surface area contributed by atoms with Crippen LogP contribution in [0.25, 0.3) is 12.2 Å². The van der Waals surface area contributed by atoms with Gasteiger partial charge in [-0.2, -0.15) is 16.6 Å². The van der Waals surface area contributed by atoms with E-state index in [1.165, 1.54) is 11.3 Å². The molecule has 0 amide bonds. The number of ketones is 1. The van der Waals surface area contributed by atoms with Crippen LogP contribution in [0.3, 0.4) is 0 Å². The highest BCUT2D eigenvalue weighted by atomic mass is 32.1. The molecule has 0 unspecified atom stereocenters. The number of carbonyl (C=O) groups is 1. The van der Waals surface area contributed by atoms with Gasteiger partial charge in [-0.15, -0.1) is 11.3 Å². The minimum absolute atomic E-state index is 0.0237. The van der Waals surface area contributed by atoms with Gasteiger partial charge in [0, 0.05) is 11.5 Å². The minimum atomic E-state index is -0.517. The van der Waals surface area contributed by atoms with Crippen molar-refractivity contribution in [2.45, 2.75) is 27.3 Å². The molecule has 0 aliphatic rings. The molecule has 6 heteroatoms. The number of nitrogens with zero attached hydrogens (tertiary/aromatic N) is 2. The van der Waals surface area contributed by atoms with Crippen molar-refractivity contribution in [3.63, 3.8) is 0 Å². The molecule has 28 heavy (non-hydrogen) atoms. The second-order valence-corrected chi connectivity index (χ2v) is 9.31. The largest absolute Gasteiger partial charge is 0.294 e. The van der Waals surface area contributed by atoms with Crippen molar-refractivity contribution >= 4 is 40.6 Å². The number of thiophene rings is 1. The molecule has 0 saturated heterocycles. The predicted molar refractivity (Wildman–Crippen MR) is 115 cm³/mol. The van der Waals surface area contributed by atoms with Crippen LogP contribution in [0.5, 0.6) is 0 Å². The van der Waals surface area contributed by atoms with Crippen molar-refractivity contribution in [2.75, 3.05) is 0 Å². The van der Waals surface area contributed by atoms with Crippen LogP contribution in [-0.2, 0) is 11.3 Å². The summed E-state index contributed by atoms with van der Waals surface area (Å²) >= 11 is 2.90. The Morgan fingerprint density at radius 1 is 1.21 bits per heavy atom. The topological polar surface area (TPSA) is 62.9 Å². The molecule has 0 atom stereocenters. The number of hydrogen-bond donors (Lipinski definition) is 0. The zero-order valence-electron chi connectivity index (χ0n) is 15.9. The Hall–Kier alpha value is -2.75. The summed E-state index contributed by atoms with van der Waals surface area (Å²) in [4.78, 5) is 25.6. The molecule has 0 N–H and O–H groups in total. The first-order valence-electron chi connectivity index (χ1n) is 8.77. The molecule has 4 nitrogen and oxygen atoms in total. The number of thiazole rings is 1. The van der Waals surface area contributed by atoms with Gasteiger partial charge in [-0.05, 0) is 46.2 Å². The van der Waals surface area contributed by atoms with Gasteiger partial charge in [0.25, 0.3) is 5.56 Å². The van der Waals surface area contributed by atoms with Gasteiger partial charge >= 0.3 is 0 Å². The average Bonchev–Trinajstić information content (AvgIpc) is 3.26. The third kappa shape index (κ3) is 4.56. The quantitative estimate of drug-likeness (QED) is 0.666. The number of aromatic nitrogens is 1. The molecule has 0 bridgehead atoms. The molecule has 0 radical (unpaired) electrons. The Kier molecular flexibility index (Phi) is 5.78. The fraction of sp³-hybridized carbons (Fsp3) is 0.227. The maximum Gasteiger partial charge on any atom is 0.269 e. The van der Waals surface area contributed by atoms with Crippen LogP contribution in [0, 0.1) is 16.7 Å². The maximum atomic E-state index is 13.0. The van der Waals surface area contributed by atoms with Crippen LogP contribution < -0.4 is 14.8 Å². The van der Waals surface area contributed by atoms with E-state index in [-0.39, 0.29) is 11.3 Å². The van der Waals surface area contributed by atoms with E-state index >= 15 is 0 Å². The summed E-state index contributed by atoms with van der Waals surface area (Å²) in [6, 6.07) is 11.2. The Labute approximate surface area is 171 Å². The summed E-state index contributed by atoms with van der Waals surface area (Å²) in [5.41, 5.74) is 1.81. The Morgan fingerprint density at radius 2 is 1.93 bits per heavy atom. The van der Waals surface area contributed by atoms with Crippen molar-refractivity contribution < 1.29 is 4.79 Å². The molecule has 0 aliphatic carbocycles. The van der Waals surface area contributed by atoms with E-state index < -0.39 is 5.41 Å². The zero-order chi connectivity index (χ0) is 20.3. The molecular formula is C22H20N2O2S2. The summed E-state index contributed by atoms with van der Waals surface area (Å²) in [5.74, 6) is -0.0237. The van der Waals surface area contributed by atoms with Gasteiger partial charge in [0.1, 0.15) is 4.66 Å². The number of nitriles is 1. The van der Waals surface area contributed by atoms with Crippen LogP contribution in [0.1, 0.15) is 37.5 Å². The fourth-order valence-electron chi connectivity index (χ4n) is 2.50. The third-order valence-electron chi connectivity index (χ3n) is 4.19. The second kappa shape index (κ2) is 8.09. The lowest BCUT2D eigenvalue weighted by atomic mass is 9.91. The van der Waals surface area contributed by atoms with Crippen LogP contribution in [-0.4, -0.2) is 10.4 Å². The molecule has 2 heterocycles. The zero-order valence-corrected chi connectivity index (χ0v) is 17.6. The van der Waals surface area contributed by atoms with Gasteiger partial charge in [-0.1, -0.05) is 32.9 Å². The van der Waals surface area contributed by atoms with Crippen LogP contribution in [0.4, 0.5) is 0 Å². The van der Waals surface area contributed by atoms with Gasteiger partial charge in [0.05, 0.1) is 22.7 Å². The molecule has 0 spiro atoms. The second-order valence-electron chi connectivity index (χ2n) is 7.46. The molecule has 0 saturated carbocycles. The number of rotatable bonds is 4. The molecule has 1 aromatic carbocycles.